The molecule has 1 aromatic heterocycles. The smallest absolute Gasteiger partial charge is 0.128 e. The van der Waals surface area contributed by atoms with Gasteiger partial charge < -0.3 is 16.0 Å². The molecule has 0 saturated carbocycles. The summed E-state index contributed by atoms with van der Waals surface area (Å²) in [6, 6.07) is 6.00. The van der Waals surface area contributed by atoms with E-state index in [0.717, 1.165) is 22.8 Å². The summed E-state index contributed by atoms with van der Waals surface area (Å²) < 4.78 is 0. The van der Waals surface area contributed by atoms with Gasteiger partial charge in [-0.3, -0.25) is 0 Å². The molecule has 1 unspecified atom stereocenters. The summed E-state index contributed by atoms with van der Waals surface area (Å²) in [4.78, 5) is 7.30. The average molecular weight is 216 g/mol. The highest BCUT2D eigenvalue weighted by atomic mass is 15.0. The lowest BCUT2D eigenvalue weighted by atomic mass is 10.1. The molecule has 0 aliphatic heterocycles. The fraction of sp³-hybridized carbons (Fsp3) is 0.250. The lowest BCUT2D eigenvalue weighted by Crippen LogP contribution is -2.09. The van der Waals surface area contributed by atoms with Crippen LogP contribution in [-0.2, 0) is 0 Å². The van der Waals surface area contributed by atoms with Gasteiger partial charge in [-0.2, -0.15) is 0 Å². The van der Waals surface area contributed by atoms with Crippen LogP contribution >= 0.6 is 0 Å². The third-order valence-corrected chi connectivity index (χ3v) is 2.68. The Balaban J connectivity index is 2.18. The number of nitrogens with two attached hydrogens (primary N) is 1. The predicted octanol–water partition coefficient (Wildman–Crippen LogP) is 2.47. The normalized spacial score (nSPS) is 12.4. The Morgan fingerprint density at radius 2 is 2.25 bits per heavy atom. The number of benzene rings is 1. The molecule has 4 nitrogen and oxygen atoms in total. The van der Waals surface area contributed by atoms with Gasteiger partial charge >= 0.3 is 0 Å². The maximum Gasteiger partial charge on any atom is 0.128 e. The molecule has 2 rings (SSSR count). The van der Waals surface area contributed by atoms with E-state index >= 15 is 0 Å². The van der Waals surface area contributed by atoms with E-state index in [0.29, 0.717) is 0 Å². The number of anilines is 2. The van der Waals surface area contributed by atoms with Gasteiger partial charge in [0.25, 0.3) is 0 Å². The van der Waals surface area contributed by atoms with Crippen molar-refractivity contribution in [2.75, 3.05) is 11.1 Å². The van der Waals surface area contributed by atoms with Crippen molar-refractivity contribution in [3.63, 3.8) is 0 Å². The first-order chi connectivity index (χ1) is 7.68. The van der Waals surface area contributed by atoms with Crippen molar-refractivity contribution in [3.8, 4) is 0 Å². The minimum Gasteiger partial charge on any atom is -0.398 e. The predicted molar refractivity (Wildman–Crippen MR) is 66.2 cm³/mol. The van der Waals surface area contributed by atoms with Crippen LogP contribution in [0.3, 0.4) is 0 Å². The summed E-state index contributed by atoms with van der Waals surface area (Å²) in [6.45, 7) is 4.06. The molecular weight excluding hydrogens is 200 g/mol. The third kappa shape index (κ3) is 2.00. The van der Waals surface area contributed by atoms with E-state index in [9.17, 15) is 0 Å². The molecule has 0 bridgehead atoms. The van der Waals surface area contributed by atoms with Gasteiger partial charge in [-0.25, -0.2) is 4.98 Å². The number of nitrogens with zero attached hydrogens (tertiary/aromatic N) is 1. The number of hydrogen-bond donors (Lipinski definition) is 3. The molecule has 1 aromatic carbocycles. The molecule has 0 fully saturated rings. The summed E-state index contributed by atoms with van der Waals surface area (Å²) in [5.41, 5.74) is 8.77. The Labute approximate surface area is 94.9 Å². The lowest BCUT2D eigenvalue weighted by Gasteiger charge is -2.16. The Kier molecular flexibility index (Phi) is 2.81. The highest BCUT2D eigenvalue weighted by Gasteiger charge is 2.09. The maximum atomic E-state index is 5.85. The van der Waals surface area contributed by atoms with E-state index in [1.165, 1.54) is 0 Å². The number of imidazole rings is 1. The SMILES string of the molecule is Cc1c(N)cccc1NC(C)c1ncc[nH]1. The average Bonchev–Trinajstić information content (AvgIpc) is 2.78. The van der Waals surface area contributed by atoms with E-state index in [2.05, 4.69) is 22.2 Å². The molecule has 1 heterocycles. The summed E-state index contributed by atoms with van der Waals surface area (Å²) in [5, 5.41) is 3.38. The van der Waals surface area contributed by atoms with Crippen LogP contribution in [0.4, 0.5) is 11.4 Å². The summed E-state index contributed by atoms with van der Waals surface area (Å²) in [6.07, 6.45) is 3.57. The number of hydrogen-bond acceptors (Lipinski definition) is 3. The quantitative estimate of drug-likeness (QED) is 0.690. The summed E-state index contributed by atoms with van der Waals surface area (Å²) in [7, 11) is 0. The van der Waals surface area contributed by atoms with Crippen molar-refractivity contribution in [2.24, 2.45) is 0 Å². The van der Waals surface area contributed by atoms with E-state index in [-0.39, 0.29) is 6.04 Å². The van der Waals surface area contributed by atoms with Crippen LogP contribution in [0.1, 0.15) is 24.4 Å². The van der Waals surface area contributed by atoms with Crippen molar-refractivity contribution < 1.29 is 0 Å². The first-order valence-electron chi connectivity index (χ1n) is 5.29. The molecule has 2 aromatic rings. The molecule has 0 aliphatic carbocycles. The lowest BCUT2D eigenvalue weighted by molar-refractivity contribution is 0.809. The summed E-state index contributed by atoms with van der Waals surface area (Å²) in [5.74, 6) is 0.918. The van der Waals surface area contributed by atoms with E-state index in [4.69, 9.17) is 5.73 Å². The topological polar surface area (TPSA) is 66.7 Å². The molecule has 0 radical (unpaired) electrons. The van der Waals surface area contributed by atoms with Crippen molar-refractivity contribution in [2.45, 2.75) is 19.9 Å². The Bertz CT molecular complexity index is 462. The van der Waals surface area contributed by atoms with Crippen molar-refractivity contribution >= 4 is 11.4 Å². The number of nitrogen functional groups attached to an aromatic ring is 1. The fourth-order valence-corrected chi connectivity index (χ4v) is 1.63. The molecule has 4 heteroatoms. The highest BCUT2D eigenvalue weighted by molar-refractivity contribution is 5.63. The Morgan fingerprint density at radius 1 is 1.44 bits per heavy atom. The molecule has 0 spiro atoms. The first-order valence-corrected chi connectivity index (χ1v) is 5.29. The zero-order valence-corrected chi connectivity index (χ0v) is 9.49. The van der Waals surface area contributed by atoms with Gasteiger partial charge in [0.05, 0.1) is 6.04 Å². The number of nitrogens with one attached hydrogen (secondary N) is 2. The van der Waals surface area contributed by atoms with Gasteiger partial charge in [0, 0.05) is 23.8 Å². The largest absolute Gasteiger partial charge is 0.398 e. The Hall–Kier alpha value is -1.97. The molecule has 4 N–H and O–H groups in total. The van der Waals surface area contributed by atoms with E-state index in [1.807, 2.05) is 31.3 Å². The highest BCUT2D eigenvalue weighted by Crippen LogP contribution is 2.24. The molecule has 0 aliphatic rings. The van der Waals surface area contributed by atoms with Crippen LogP contribution in [0, 0.1) is 6.92 Å². The van der Waals surface area contributed by atoms with Gasteiger partial charge in [-0.05, 0) is 31.5 Å². The minimum atomic E-state index is 0.135. The fourth-order valence-electron chi connectivity index (χ4n) is 1.63. The van der Waals surface area contributed by atoms with Crippen LogP contribution in [-0.4, -0.2) is 9.97 Å². The molecule has 0 amide bonds. The van der Waals surface area contributed by atoms with Gasteiger partial charge in [0.1, 0.15) is 5.82 Å². The van der Waals surface area contributed by atoms with Crippen LogP contribution in [0.25, 0.3) is 0 Å². The summed E-state index contributed by atoms with van der Waals surface area (Å²) >= 11 is 0. The van der Waals surface area contributed by atoms with Gasteiger partial charge in [0.2, 0.25) is 0 Å². The third-order valence-electron chi connectivity index (χ3n) is 2.68. The van der Waals surface area contributed by atoms with Gasteiger partial charge in [0.15, 0.2) is 0 Å². The van der Waals surface area contributed by atoms with Crippen LogP contribution in [0.5, 0.6) is 0 Å². The van der Waals surface area contributed by atoms with Crippen LogP contribution < -0.4 is 11.1 Å². The Morgan fingerprint density at radius 3 is 2.94 bits per heavy atom. The zero-order valence-electron chi connectivity index (χ0n) is 9.49. The van der Waals surface area contributed by atoms with Gasteiger partial charge in [-0.1, -0.05) is 6.07 Å². The van der Waals surface area contributed by atoms with Crippen LogP contribution in [0.15, 0.2) is 30.6 Å². The monoisotopic (exact) mass is 216 g/mol. The second kappa shape index (κ2) is 4.26. The molecule has 0 saturated heterocycles. The number of aromatic nitrogens is 2. The molecule has 84 valence electrons. The molecular formula is C12H16N4. The second-order valence-corrected chi connectivity index (χ2v) is 3.86. The van der Waals surface area contributed by atoms with Gasteiger partial charge in [-0.15, -0.1) is 0 Å². The number of rotatable bonds is 3. The molecule has 16 heavy (non-hydrogen) atoms. The number of H-pyrrole nitrogens is 1. The second-order valence-electron chi connectivity index (χ2n) is 3.86. The van der Waals surface area contributed by atoms with Crippen molar-refractivity contribution in [3.05, 3.63) is 42.0 Å². The van der Waals surface area contributed by atoms with Crippen LogP contribution in [0.2, 0.25) is 0 Å². The van der Waals surface area contributed by atoms with Crippen molar-refractivity contribution in [1.82, 2.24) is 9.97 Å². The van der Waals surface area contributed by atoms with E-state index < -0.39 is 0 Å². The zero-order chi connectivity index (χ0) is 11.5. The maximum absolute atomic E-state index is 5.85. The van der Waals surface area contributed by atoms with E-state index in [1.54, 1.807) is 6.20 Å². The standard InChI is InChI=1S/C12H16N4/c1-8-10(13)4-3-5-11(8)16-9(2)12-14-6-7-15-12/h3-7,9,16H,13H2,1-2H3,(H,14,15). The first kappa shape index (κ1) is 10.5. The number of aromatic amines is 1. The minimum absolute atomic E-state index is 0.135. The molecule has 1 atom stereocenters. The van der Waals surface area contributed by atoms with Crippen molar-refractivity contribution in [1.29, 1.82) is 0 Å².